The first kappa shape index (κ1) is 14.8. The topological polar surface area (TPSA) is 118 Å². The predicted octanol–water partition coefficient (Wildman–Crippen LogP) is 0.727. The van der Waals surface area contributed by atoms with Gasteiger partial charge in [-0.3, -0.25) is 4.79 Å². The largest absolute Gasteiger partial charge is 0.372 e. The fraction of sp³-hybridized carbons (Fsp3) is 0.0667. The van der Waals surface area contributed by atoms with E-state index in [9.17, 15) is 14.3 Å². The van der Waals surface area contributed by atoms with Crippen molar-refractivity contribution < 1.29 is 14.3 Å². The van der Waals surface area contributed by atoms with Gasteiger partial charge < -0.3 is 10.8 Å². The Morgan fingerprint density at radius 2 is 1.91 bits per heavy atom. The summed E-state index contributed by atoms with van der Waals surface area (Å²) in [6, 6.07) is 11.9. The monoisotopic (exact) mass is 313 g/mol. The van der Waals surface area contributed by atoms with E-state index in [4.69, 9.17) is 5.73 Å². The van der Waals surface area contributed by atoms with Crippen LogP contribution >= 0.6 is 0 Å². The normalized spacial score (nSPS) is 13.5. The van der Waals surface area contributed by atoms with Crippen LogP contribution in [0.2, 0.25) is 0 Å². The minimum atomic E-state index is -2.14. The Hall–Kier alpha value is -3.13. The van der Waals surface area contributed by atoms with Crippen LogP contribution in [0.4, 0.5) is 4.39 Å². The number of hydrogen-bond donors (Lipinski definition) is 3. The Morgan fingerprint density at radius 1 is 1.17 bits per heavy atom. The van der Waals surface area contributed by atoms with Gasteiger partial charge in [-0.1, -0.05) is 36.4 Å². The molecule has 0 aliphatic carbocycles. The highest BCUT2D eigenvalue weighted by Gasteiger charge is 2.38. The molecule has 7 nitrogen and oxygen atoms in total. The zero-order valence-electron chi connectivity index (χ0n) is 11.8. The van der Waals surface area contributed by atoms with Crippen molar-refractivity contribution in [3.63, 3.8) is 0 Å². The van der Waals surface area contributed by atoms with Gasteiger partial charge in [-0.15, -0.1) is 10.2 Å². The number of rotatable bonds is 4. The number of tetrazole rings is 1. The molecule has 0 aliphatic heterocycles. The van der Waals surface area contributed by atoms with Crippen LogP contribution in [-0.2, 0) is 10.4 Å². The van der Waals surface area contributed by atoms with Crippen LogP contribution in [-0.4, -0.2) is 31.6 Å². The smallest absolute Gasteiger partial charge is 0.258 e. The standard InChI is InChI=1S/C15H12FN5O2/c16-12-8-10(6-7-11(12)13-18-20-21-19-13)15(23,14(17)22)9-4-2-1-3-5-9/h1-8,23H,(H2,17,22)(H,18,19,20,21). The number of amides is 1. The first-order chi connectivity index (χ1) is 11.0. The summed E-state index contributed by atoms with van der Waals surface area (Å²) in [5, 5.41) is 23.8. The Labute approximate surface area is 130 Å². The minimum Gasteiger partial charge on any atom is -0.372 e. The molecular weight excluding hydrogens is 301 g/mol. The zero-order chi connectivity index (χ0) is 16.4. The van der Waals surface area contributed by atoms with E-state index < -0.39 is 17.3 Å². The van der Waals surface area contributed by atoms with Gasteiger partial charge in [-0.05, 0) is 22.9 Å². The Bertz CT molecular complexity index is 838. The van der Waals surface area contributed by atoms with Crippen LogP contribution in [0.1, 0.15) is 11.1 Å². The number of nitrogens with two attached hydrogens (primary N) is 1. The summed E-state index contributed by atoms with van der Waals surface area (Å²) in [5.74, 6) is -1.65. The third-order valence-corrected chi connectivity index (χ3v) is 3.52. The molecule has 0 spiro atoms. The number of primary amides is 1. The summed E-state index contributed by atoms with van der Waals surface area (Å²) >= 11 is 0. The molecule has 0 fully saturated rings. The molecule has 3 aromatic rings. The van der Waals surface area contributed by atoms with Gasteiger partial charge in [0.05, 0.1) is 5.56 Å². The molecule has 0 saturated carbocycles. The molecule has 0 aliphatic rings. The first-order valence-corrected chi connectivity index (χ1v) is 6.65. The van der Waals surface area contributed by atoms with Crippen molar-refractivity contribution in [3.8, 4) is 11.4 Å². The molecule has 0 saturated heterocycles. The molecule has 2 aromatic carbocycles. The van der Waals surface area contributed by atoms with E-state index in [1.807, 2.05) is 0 Å². The third kappa shape index (κ3) is 2.44. The summed E-state index contributed by atoms with van der Waals surface area (Å²) in [6.07, 6.45) is 0. The number of hydrogen-bond acceptors (Lipinski definition) is 5. The van der Waals surface area contributed by atoms with Crippen molar-refractivity contribution in [1.29, 1.82) is 0 Å². The van der Waals surface area contributed by atoms with Gasteiger partial charge in [0.1, 0.15) is 5.82 Å². The lowest BCUT2D eigenvalue weighted by Gasteiger charge is -2.26. The highest BCUT2D eigenvalue weighted by atomic mass is 19.1. The predicted molar refractivity (Wildman–Crippen MR) is 78.2 cm³/mol. The number of nitrogens with zero attached hydrogens (tertiary/aromatic N) is 3. The van der Waals surface area contributed by atoms with E-state index in [1.165, 1.54) is 24.3 Å². The van der Waals surface area contributed by atoms with Gasteiger partial charge in [0, 0.05) is 5.56 Å². The van der Waals surface area contributed by atoms with Gasteiger partial charge in [0.15, 0.2) is 5.60 Å². The van der Waals surface area contributed by atoms with E-state index in [1.54, 1.807) is 18.2 Å². The maximum Gasteiger partial charge on any atom is 0.258 e. The quantitative estimate of drug-likeness (QED) is 0.656. The Balaban J connectivity index is 2.12. The average Bonchev–Trinajstić information content (AvgIpc) is 3.08. The fourth-order valence-corrected chi connectivity index (χ4v) is 2.33. The molecule has 8 heteroatoms. The van der Waals surface area contributed by atoms with Gasteiger partial charge in [0.2, 0.25) is 5.82 Å². The van der Waals surface area contributed by atoms with Crippen molar-refractivity contribution in [2.24, 2.45) is 5.73 Å². The lowest BCUT2D eigenvalue weighted by Crippen LogP contribution is -2.42. The van der Waals surface area contributed by atoms with E-state index in [2.05, 4.69) is 20.6 Å². The van der Waals surface area contributed by atoms with E-state index in [0.717, 1.165) is 6.07 Å². The molecule has 0 bridgehead atoms. The van der Waals surface area contributed by atoms with Crippen molar-refractivity contribution >= 4 is 5.91 Å². The number of carbonyl (C=O) groups excluding carboxylic acids is 1. The maximum atomic E-state index is 14.3. The number of halogens is 1. The van der Waals surface area contributed by atoms with Crippen LogP contribution in [0.15, 0.2) is 48.5 Å². The van der Waals surface area contributed by atoms with Crippen LogP contribution in [0.5, 0.6) is 0 Å². The van der Waals surface area contributed by atoms with Gasteiger partial charge >= 0.3 is 0 Å². The van der Waals surface area contributed by atoms with Crippen molar-refractivity contribution in [1.82, 2.24) is 20.6 Å². The van der Waals surface area contributed by atoms with Crippen LogP contribution in [0.25, 0.3) is 11.4 Å². The summed E-state index contributed by atoms with van der Waals surface area (Å²) in [6.45, 7) is 0. The van der Waals surface area contributed by atoms with E-state index >= 15 is 0 Å². The van der Waals surface area contributed by atoms with Crippen molar-refractivity contribution in [2.45, 2.75) is 5.60 Å². The molecule has 1 heterocycles. The second-order valence-electron chi connectivity index (χ2n) is 4.87. The highest BCUT2D eigenvalue weighted by Crippen LogP contribution is 2.31. The maximum absolute atomic E-state index is 14.3. The number of benzene rings is 2. The molecule has 3 rings (SSSR count). The molecule has 1 amide bonds. The Morgan fingerprint density at radius 3 is 2.48 bits per heavy atom. The second kappa shape index (κ2) is 5.58. The van der Waals surface area contributed by atoms with Gasteiger partial charge in [-0.25, -0.2) is 4.39 Å². The zero-order valence-corrected chi connectivity index (χ0v) is 11.8. The fourth-order valence-electron chi connectivity index (χ4n) is 2.33. The van der Waals surface area contributed by atoms with Gasteiger partial charge in [-0.2, -0.15) is 5.21 Å². The van der Waals surface area contributed by atoms with E-state index in [0.29, 0.717) is 0 Å². The number of carbonyl (C=O) groups is 1. The summed E-state index contributed by atoms with van der Waals surface area (Å²) in [4.78, 5) is 11.9. The SMILES string of the molecule is NC(=O)C(O)(c1ccccc1)c1ccc(-c2nn[nH]n2)c(F)c1. The van der Waals surface area contributed by atoms with E-state index in [-0.39, 0.29) is 22.5 Å². The molecule has 1 atom stereocenters. The molecule has 23 heavy (non-hydrogen) atoms. The third-order valence-electron chi connectivity index (χ3n) is 3.52. The number of aliphatic hydroxyl groups is 1. The molecule has 1 aromatic heterocycles. The molecule has 0 radical (unpaired) electrons. The average molecular weight is 313 g/mol. The number of aromatic nitrogens is 4. The summed E-state index contributed by atoms with van der Waals surface area (Å²) in [7, 11) is 0. The highest BCUT2D eigenvalue weighted by molar-refractivity contribution is 5.88. The van der Waals surface area contributed by atoms with Crippen molar-refractivity contribution in [3.05, 3.63) is 65.5 Å². The van der Waals surface area contributed by atoms with Crippen LogP contribution in [0.3, 0.4) is 0 Å². The summed E-state index contributed by atoms with van der Waals surface area (Å²) < 4.78 is 14.3. The molecular formula is C15H12FN5O2. The lowest BCUT2D eigenvalue weighted by atomic mass is 9.85. The van der Waals surface area contributed by atoms with Crippen molar-refractivity contribution in [2.75, 3.05) is 0 Å². The lowest BCUT2D eigenvalue weighted by molar-refractivity contribution is -0.133. The molecule has 1 unspecified atom stereocenters. The summed E-state index contributed by atoms with van der Waals surface area (Å²) in [5.41, 5.74) is 3.58. The number of aromatic amines is 1. The first-order valence-electron chi connectivity index (χ1n) is 6.65. The van der Waals surface area contributed by atoms with Crippen LogP contribution < -0.4 is 5.73 Å². The number of H-pyrrole nitrogens is 1. The van der Waals surface area contributed by atoms with Gasteiger partial charge in [0.25, 0.3) is 5.91 Å². The second-order valence-corrected chi connectivity index (χ2v) is 4.87. The molecule has 4 N–H and O–H groups in total. The van der Waals surface area contributed by atoms with Crippen LogP contribution in [0, 0.1) is 5.82 Å². The molecule has 116 valence electrons. The number of nitrogens with one attached hydrogen (secondary N) is 1. The minimum absolute atomic E-state index is 0.0148. The Kier molecular flexibility index (Phi) is 3.59.